The zero-order chi connectivity index (χ0) is 107. The van der Waals surface area contributed by atoms with Crippen LogP contribution in [0.2, 0.25) is 0 Å². The molecule has 0 radical (unpaired) electrons. The number of non-ortho nitro benzene ring substituents is 1. The average molecular weight is 3230 g/mol. The van der Waals surface area contributed by atoms with Gasteiger partial charge in [-0.05, 0) is 67.0 Å². The number of carbonyl (C=O) groups is 9. The summed E-state index contributed by atoms with van der Waals surface area (Å²) >= 11 is 36.9. The van der Waals surface area contributed by atoms with Crippen LogP contribution in [0.5, 0.6) is 0 Å². The molecule has 3 aromatic rings. The van der Waals surface area contributed by atoms with E-state index in [9.17, 15) is 53.3 Å². The second-order valence-corrected chi connectivity index (χ2v) is 58.8. The lowest BCUT2D eigenvalue weighted by Crippen LogP contribution is -3.14. The summed E-state index contributed by atoms with van der Waals surface area (Å²) in [5.41, 5.74) is 3.97. The molecule has 146 heavy (non-hydrogen) atoms. The summed E-state index contributed by atoms with van der Waals surface area (Å²) in [5, 5.41) is 10.6. The summed E-state index contributed by atoms with van der Waals surface area (Å²) in [7, 11) is 0. The van der Waals surface area contributed by atoms with E-state index in [0.29, 0.717) is 73.9 Å². The molecule has 9 aliphatic heterocycles. The Morgan fingerprint density at radius 2 is 0.610 bits per heavy atom. The number of halogens is 9. The van der Waals surface area contributed by atoms with Gasteiger partial charge in [-0.1, -0.05) is 267 Å². The van der Waals surface area contributed by atoms with E-state index in [2.05, 4.69) is 142 Å². The third kappa shape index (κ3) is 69.8. The van der Waals surface area contributed by atoms with Gasteiger partial charge in [-0.3, -0.25) is 48.5 Å². The highest BCUT2D eigenvalue weighted by atomic mass is 127. The van der Waals surface area contributed by atoms with Crippen LogP contribution in [0.3, 0.4) is 0 Å². The van der Waals surface area contributed by atoms with Crippen LogP contribution in [0.1, 0.15) is 68.1 Å². The predicted octanol–water partition coefficient (Wildman–Crippen LogP) is 4.51. The molecule has 0 bridgehead atoms. The zero-order valence-corrected chi connectivity index (χ0v) is 112. The minimum Gasteiger partial charge on any atom is -0.460 e. The van der Waals surface area contributed by atoms with Crippen LogP contribution in [0, 0.1) is 23.0 Å². The van der Waals surface area contributed by atoms with Gasteiger partial charge in [0.1, 0.15) is 137 Å². The molecule has 30 nitrogen and oxygen atoms in total. The average Bonchev–Trinajstić information content (AvgIpc) is 0.865. The molecule has 0 amide bonds. The first-order valence-electron chi connectivity index (χ1n) is 50.1. The lowest BCUT2D eigenvalue weighted by molar-refractivity contribution is -0.896. The van der Waals surface area contributed by atoms with E-state index in [0.717, 1.165) is 97.5 Å². The fourth-order valence-corrected chi connectivity index (χ4v) is 27.3. The fourth-order valence-electron chi connectivity index (χ4n) is 14.4. The summed E-state index contributed by atoms with van der Waals surface area (Å²) in [5.74, 6) is 20.9. The summed E-state index contributed by atoms with van der Waals surface area (Å²) in [6, 6.07) is 23.9. The molecule has 5 atom stereocenters. The number of nitrogens with zero attached hydrogens (tertiary/aromatic N) is 1. The number of benzene rings is 3. The Kier molecular flexibility index (Phi) is 85.2. The van der Waals surface area contributed by atoms with Crippen molar-refractivity contribution in [2.45, 2.75) is 60.2 Å². The highest BCUT2D eigenvalue weighted by Crippen LogP contribution is 2.29. The molecule has 12 rings (SSSR count). The Balaban J connectivity index is 0.000000344. The van der Waals surface area contributed by atoms with Crippen molar-refractivity contribution in [2.24, 2.45) is 5.92 Å². The number of hydrogen-bond acceptors (Lipinski definition) is 29. The van der Waals surface area contributed by atoms with E-state index in [1.54, 1.807) is 46.4 Å². The number of quaternary nitrogens is 9. The zero-order valence-electron chi connectivity index (χ0n) is 85.3. The molecule has 9 fully saturated rings. The molecule has 0 spiro atoms. The van der Waals surface area contributed by atoms with Gasteiger partial charge < -0.3 is 86.7 Å². The maximum absolute atomic E-state index is 12.0. The number of nitro benzene ring substituents is 1. The van der Waals surface area contributed by atoms with Gasteiger partial charge >= 0.3 is 53.7 Å². The van der Waals surface area contributed by atoms with Gasteiger partial charge in [-0.15, -0.1) is 0 Å². The van der Waals surface area contributed by atoms with E-state index in [-0.39, 0.29) is 77.1 Å². The molecule has 9 aliphatic rings. The number of thioether (sulfide) groups is 9. The number of aryl methyl sites for hydroxylation is 1. The maximum atomic E-state index is 12.0. The molecule has 9 heterocycles. The standard InChI is InChI=1S/C15H20INO2S.C14H17IN2O4S.C14H18INO2S.2C10H18INO2S.C9H16INO2S.C9H14INO2S.C9H16INO2S.C8H14INO2S/c1-12-2-4-13(5-3-12)14(16)15(18)19-9-6-17-7-10-20-11-8-17;15-13(11-1-3-12(4-2-11)17(19)20)14(18)21-8-5-16-6-9-22-10-7-16;15-13(12-4-2-1-3-5-12)14(17)18-9-6-16-7-10-19-11-8-16;1-10(2,11)9(13)14-6-3-12-4-7-15-8-5-12;1-9(8-11)10(13)14-5-2-12-3-6-15-7-4-12;2*1-8(10)9(12)13-5-2-11-3-6-14-7-4-11;10-2-1-9(12)13-6-3-11-4-7-14-8-5-11;9-7-8(11)12-4-1-10-2-5-13-6-3-10/h2-5,14H,6-11H2,1H3;1-4,13H,5-10H2;1-5,13H,6-11H2;3-8H2,1-2H3;9H,2-8H2,1H3;8H,2-7H2,1H3;1-7H2;1-8H2;1-7H2/p+9. The summed E-state index contributed by atoms with van der Waals surface area (Å²) in [4.78, 5) is 127. The van der Waals surface area contributed by atoms with Crippen LogP contribution >= 0.6 is 309 Å². The van der Waals surface area contributed by atoms with E-state index in [1.165, 1.54) is 236 Å². The molecule has 9 saturated heterocycles. The van der Waals surface area contributed by atoms with Crippen molar-refractivity contribution in [1.82, 2.24) is 0 Å². The second kappa shape index (κ2) is 89.1. The van der Waals surface area contributed by atoms with E-state index in [4.69, 9.17) is 42.6 Å². The van der Waals surface area contributed by atoms with Crippen molar-refractivity contribution in [1.29, 1.82) is 0 Å². The normalized spacial score (nSPS) is 18.3. The number of esters is 9. The Bertz CT molecular complexity index is 4050. The van der Waals surface area contributed by atoms with E-state index in [1.807, 2.05) is 263 Å². The predicted molar refractivity (Wildman–Crippen MR) is 681 cm³/mol. The van der Waals surface area contributed by atoms with Gasteiger partial charge in [0.15, 0.2) is 0 Å². The lowest BCUT2D eigenvalue weighted by Gasteiger charge is -2.23. The first-order valence-corrected chi connectivity index (χ1v) is 72.3. The molecule has 0 aliphatic carbocycles. The number of rotatable bonds is 42. The van der Waals surface area contributed by atoms with Crippen LogP contribution in [0.15, 0.2) is 89.0 Å². The number of nitro groups is 1. The SMILES string of the molecule is C=C(I)C(=O)OCC[NH+]1CCSCC1.CC(C)(I)C(=O)OCC[NH+]1CCSCC1.CC(CI)C(=O)OCC[NH+]1CCSCC1.CC(I)C(=O)OCC[NH+]1CCSCC1.Cc1ccc(C(I)C(=O)OCC[NH+]2CCSCC2)cc1.O=C(CCI)OCC[NH+]1CCSCC1.O=C(CI)OCC[NH+]1CCSCC1.O=C(OCC[NH+]1CCSCC1)C(I)c1ccc([N+](=O)[O-])cc1.O=C(OCC[NH+]1CCSCC1)C(I)c1ccccc1. The third-order valence-electron chi connectivity index (χ3n) is 23.7. The molecular formula is C98H160I9N10O20S9+9. The Hall–Kier alpha value is 1.39. The van der Waals surface area contributed by atoms with Crippen LogP contribution in [0.25, 0.3) is 0 Å². The van der Waals surface area contributed by atoms with Gasteiger partial charge in [0.05, 0.1) is 143 Å². The summed E-state index contributed by atoms with van der Waals surface area (Å²) < 4.78 is 48.2. The monoisotopic (exact) mass is 3230 g/mol. The molecular weight excluding hydrogens is 3070 g/mol. The summed E-state index contributed by atoms with van der Waals surface area (Å²) in [6.45, 7) is 48.0. The van der Waals surface area contributed by atoms with Crippen molar-refractivity contribution in [3.05, 3.63) is 121 Å². The molecule has 5 unspecified atom stereocenters. The van der Waals surface area contributed by atoms with Crippen LogP contribution in [-0.2, 0) is 85.8 Å². The maximum Gasteiger partial charge on any atom is 0.343 e. The number of nitrogens with one attached hydrogen (secondary N) is 9. The molecule has 3 aromatic carbocycles. The minimum absolute atomic E-state index is 0.0206. The van der Waals surface area contributed by atoms with Crippen molar-refractivity contribution in [3.63, 3.8) is 0 Å². The highest BCUT2D eigenvalue weighted by molar-refractivity contribution is 14.1. The van der Waals surface area contributed by atoms with Gasteiger partial charge in [-0.2, -0.15) is 106 Å². The molecule has 0 saturated carbocycles. The smallest absolute Gasteiger partial charge is 0.343 e. The van der Waals surface area contributed by atoms with E-state index < -0.39 is 12.3 Å². The van der Waals surface area contributed by atoms with Crippen molar-refractivity contribution in [2.75, 3.05) is 353 Å². The Morgan fingerprint density at radius 1 is 0.363 bits per heavy atom. The topological polar surface area (TPSA) is 320 Å². The van der Waals surface area contributed by atoms with Gasteiger partial charge in [0.25, 0.3) is 5.69 Å². The van der Waals surface area contributed by atoms with Crippen molar-refractivity contribution >= 4 is 369 Å². The van der Waals surface area contributed by atoms with Crippen molar-refractivity contribution < 1.29 is 135 Å². The quantitative estimate of drug-likeness (QED) is 0.00716. The van der Waals surface area contributed by atoms with Crippen LogP contribution in [0.4, 0.5) is 5.69 Å². The van der Waals surface area contributed by atoms with Gasteiger partial charge in [0, 0.05) is 125 Å². The fraction of sp³-hybridized carbons (Fsp3) is 0.704. The van der Waals surface area contributed by atoms with Gasteiger partial charge in [0.2, 0.25) is 0 Å². The highest BCUT2D eigenvalue weighted by Gasteiger charge is 2.30. The largest absolute Gasteiger partial charge is 0.460 e. The number of hydrogen-bond donors (Lipinski definition) is 9. The van der Waals surface area contributed by atoms with Crippen molar-refractivity contribution in [3.8, 4) is 0 Å². The van der Waals surface area contributed by atoms with E-state index >= 15 is 0 Å². The Labute approximate surface area is 1030 Å². The molecule has 48 heteroatoms. The van der Waals surface area contributed by atoms with Crippen LogP contribution < -0.4 is 44.1 Å². The number of carbonyl (C=O) groups excluding carboxylic acids is 9. The van der Waals surface area contributed by atoms with Gasteiger partial charge in [-0.25, -0.2) is 4.79 Å². The Morgan fingerprint density at radius 3 is 0.863 bits per heavy atom. The third-order valence-corrected chi connectivity index (χ3v) is 40.1. The van der Waals surface area contributed by atoms with Crippen LogP contribution in [-0.4, -0.2) is 419 Å². The first-order chi connectivity index (χ1) is 70.3. The molecule has 9 N–H and O–H groups in total. The summed E-state index contributed by atoms with van der Waals surface area (Å²) in [6.07, 6.45) is 0.547. The number of ether oxygens (including phenoxy) is 9. The molecule has 0 aromatic heterocycles. The minimum atomic E-state index is -0.454. The lowest BCUT2D eigenvalue weighted by atomic mass is 10.1. The first kappa shape index (κ1) is 140. The molecule has 830 valence electrons. The number of alkyl halides is 8. The second-order valence-electron chi connectivity index (χ2n) is 35.4.